The van der Waals surface area contributed by atoms with Crippen molar-refractivity contribution in [3.63, 3.8) is 0 Å². The second-order valence-corrected chi connectivity index (χ2v) is 11.8. The van der Waals surface area contributed by atoms with Gasteiger partial charge in [-0.25, -0.2) is 0 Å². The highest BCUT2D eigenvalue weighted by molar-refractivity contribution is 8.00. The van der Waals surface area contributed by atoms with Crippen molar-refractivity contribution in [1.29, 1.82) is 5.26 Å². The van der Waals surface area contributed by atoms with Crippen LogP contribution >= 0.6 is 23.5 Å². The van der Waals surface area contributed by atoms with Gasteiger partial charge in [0.2, 0.25) is 0 Å². The largest absolute Gasteiger partial charge is 0.481 e. The summed E-state index contributed by atoms with van der Waals surface area (Å²) in [6.07, 6.45) is 1.17. The maximum atomic E-state index is 11.9. The summed E-state index contributed by atoms with van der Waals surface area (Å²) in [5, 5.41) is 27.2. The lowest BCUT2D eigenvalue weighted by Crippen LogP contribution is -2.30. The quantitative estimate of drug-likeness (QED) is 0.481. The van der Waals surface area contributed by atoms with Crippen molar-refractivity contribution in [2.24, 2.45) is 11.3 Å². The van der Waals surface area contributed by atoms with E-state index in [0.717, 1.165) is 34.4 Å². The van der Waals surface area contributed by atoms with Gasteiger partial charge in [-0.05, 0) is 48.9 Å². The Balaban J connectivity index is 0.000000212. The summed E-state index contributed by atoms with van der Waals surface area (Å²) in [5.74, 6) is 0.232. The van der Waals surface area contributed by atoms with Crippen molar-refractivity contribution < 1.29 is 29.4 Å². The number of aliphatic carboxylic acids is 2. The second kappa shape index (κ2) is 13.1. The molecule has 2 heterocycles. The number of hydrogen-bond donors (Lipinski definition) is 2. The SMILES string of the molecule is CC(C(=O)O)c1ccc(CC2(C#N)CSCC2=O)cc1.CC(C(=O)O)c1ccc(CC2CSCC2=O)cc1. The fourth-order valence-corrected chi connectivity index (χ4v) is 6.67. The Kier molecular flexibility index (Phi) is 10.2. The predicted octanol–water partition coefficient (Wildman–Crippen LogP) is 4.59. The minimum atomic E-state index is -0.912. The molecule has 2 aliphatic rings. The first-order chi connectivity index (χ1) is 18.1. The van der Waals surface area contributed by atoms with E-state index in [1.165, 1.54) is 11.8 Å². The molecule has 0 amide bonds. The van der Waals surface area contributed by atoms with Crippen LogP contribution in [0.15, 0.2) is 48.5 Å². The maximum absolute atomic E-state index is 11.9. The average Bonchev–Trinajstić information content (AvgIpc) is 3.49. The molecule has 0 radical (unpaired) electrons. The summed E-state index contributed by atoms with van der Waals surface area (Å²) in [6.45, 7) is 3.31. The summed E-state index contributed by atoms with van der Waals surface area (Å²) in [7, 11) is 0. The van der Waals surface area contributed by atoms with Gasteiger partial charge in [0.05, 0.1) is 29.4 Å². The van der Waals surface area contributed by atoms with E-state index in [-0.39, 0.29) is 11.7 Å². The zero-order valence-electron chi connectivity index (χ0n) is 21.4. The number of nitriles is 1. The van der Waals surface area contributed by atoms with Crippen molar-refractivity contribution in [2.45, 2.75) is 38.5 Å². The monoisotopic (exact) mass is 553 g/mol. The number of nitrogens with zero attached hydrogens (tertiary/aromatic N) is 1. The van der Waals surface area contributed by atoms with Gasteiger partial charge in [0.25, 0.3) is 0 Å². The summed E-state index contributed by atoms with van der Waals surface area (Å²) < 4.78 is 0. The standard InChI is InChI=1S/C15H15NO3S.C14H16O3S/c1-10(14(18)19)12-4-2-11(3-5-12)6-15(8-16)9-20-7-13(15)17;1-9(14(16)17)11-4-2-10(3-5-11)6-12-7-18-8-13(12)15/h2-5,10H,6-7,9H2,1H3,(H,18,19);2-5,9,12H,6-8H2,1H3,(H,16,17). The van der Waals surface area contributed by atoms with Crippen LogP contribution in [0.25, 0.3) is 0 Å². The summed E-state index contributed by atoms with van der Waals surface area (Å²) in [6, 6.07) is 16.9. The van der Waals surface area contributed by atoms with Crippen molar-refractivity contribution in [2.75, 3.05) is 23.0 Å². The molecule has 7 nitrogen and oxygen atoms in total. The van der Waals surface area contributed by atoms with Gasteiger partial charge in [0.15, 0.2) is 5.78 Å². The molecule has 4 rings (SSSR count). The molecule has 38 heavy (non-hydrogen) atoms. The normalized spacial score (nSPS) is 22.2. The van der Waals surface area contributed by atoms with Crippen LogP contribution in [0.4, 0.5) is 0 Å². The number of thioether (sulfide) groups is 2. The molecule has 2 saturated heterocycles. The third kappa shape index (κ3) is 7.27. The van der Waals surface area contributed by atoms with Crippen LogP contribution in [0, 0.1) is 22.7 Å². The summed E-state index contributed by atoms with van der Waals surface area (Å²) in [5.41, 5.74) is 2.61. The number of rotatable bonds is 8. The Morgan fingerprint density at radius 3 is 1.84 bits per heavy atom. The zero-order valence-corrected chi connectivity index (χ0v) is 23.0. The van der Waals surface area contributed by atoms with Gasteiger partial charge in [-0.2, -0.15) is 28.8 Å². The molecule has 0 aromatic heterocycles. The highest BCUT2D eigenvalue weighted by atomic mass is 32.2. The number of hydrogen-bond acceptors (Lipinski definition) is 7. The highest BCUT2D eigenvalue weighted by Crippen LogP contribution is 2.35. The van der Waals surface area contributed by atoms with E-state index in [4.69, 9.17) is 10.2 Å². The highest BCUT2D eigenvalue weighted by Gasteiger charge is 2.43. The van der Waals surface area contributed by atoms with Gasteiger partial charge >= 0.3 is 11.9 Å². The number of carbonyl (C=O) groups is 4. The molecular weight excluding hydrogens is 522 g/mol. The van der Waals surface area contributed by atoms with E-state index >= 15 is 0 Å². The van der Waals surface area contributed by atoms with Crippen LogP contribution in [-0.4, -0.2) is 56.7 Å². The van der Waals surface area contributed by atoms with Gasteiger partial charge in [-0.15, -0.1) is 0 Å². The van der Waals surface area contributed by atoms with E-state index in [1.54, 1.807) is 37.7 Å². The molecule has 2 aromatic carbocycles. The molecule has 2 N–H and O–H groups in total. The molecule has 0 spiro atoms. The van der Waals surface area contributed by atoms with Gasteiger partial charge in [-0.3, -0.25) is 19.2 Å². The first-order valence-electron chi connectivity index (χ1n) is 12.3. The molecule has 200 valence electrons. The van der Waals surface area contributed by atoms with Crippen LogP contribution in [-0.2, 0) is 32.0 Å². The Labute approximate surface area is 231 Å². The van der Waals surface area contributed by atoms with Gasteiger partial charge in [-0.1, -0.05) is 48.5 Å². The van der Waals surface area contributed by atoms with Crippen LogP contribution in [0.2, 0.25) is 0 Å². The van der Waals surface area contributed by atoms with Crippen LogP contribution in [0.5, 0.6) is 0 Å². The molecule has 4 unspecified atom stereocenters. The van der Waals surface area contributed by atoms with Crippen LogP contribution < -0.4 is 0 Å². The number of benzene rings is 2. The van der Waals surface area contributed by atoms with Crippen molar-refractivity contribution >= 4 is 47.0 Å². The lowest BCUT2D eigenvalue weighted by molar-refractivity contribution is -0.139. The number of carbonyl (C=O) groups excluding carboxylic acids is 2. The Bertz CT molecular complexity index is 1220. The van der Waals surface area contributed by atoms with E-state index in [2.05, 4.69) is 6.07 Å². The van der Waals surface area contributed by atoms with Crippen LogP contribution in [0.1, 0.15) is 47.9 Å². The molecule has 0 aliphatic carbocycles. The smallest absolute Gasteiger partial charge is 0.310 e. The van der Waals surface area contributed by atoms with Crippen LogP contribution in [0.3, 0.4) is 0 Å². The zero-order chi connectivity index (χ0) is 27.9. The third-order valence-electron chi connectivity index (χ3n) is 7.04. The lowest BCUT2D eigenvalue weighted by atomic mass is 9.81. The minimum absolute atomic E-state index is 0.00650. The first-order valence-corrected chi connectivity index (χ1v) is 14.6. The molecule has 2 aliphatic heterocycles. The van der Waals surface area contributed by atoms with Gasteiger partial charge < -0.3 is 10.2 Å². The fourth-order valence-electron chi connectivity index (χ4n) is 4.29. The van der Waals surface area contributed by atoms with Crippen molar-refractivity contribution in [3.8, 4) is 6.07 Å². The summed E-state index contributed by atoms with van der Waals surface area (Å²) in [4.78, 5) is 45.2. The molecular formula is C29H31NO6S2. The molecule has 9 heteroatoms. The molecule has 0 bridgehead atoms. The van der Waals surface area contributed by atoms with E-state index in [0.29, 0.717) is 29.5 Å². The number of carboxylic acid groups (broad SMARTS) is 2. The summed E-state index contributed by atoms with van der Waals surface area (Å²) >= 11 is 3.19. The third-order valence-corrected chi connectivity index (χ3v) is 9.33. The maximum Gasteiger partial charge on any atom is 0.310 e. The minimum Gasteiger partial charge on any atom is -0.481 e. The Morgan fingerprint density at radius 2 is 1.45 bits per heavy atom. The van der Waals surface area contributed by atoms with E-state index in [9.17, 15) is 24.4 Å². The average molecular weight is 554 g/mol. The molecule has 0 saturated carbocycles. The topological polar surface area (TPSA) is 133 Å². The van der Waals surface area contributed by atoms with Gasteiger partial charge in [0, 0.05) is 17.4 Å². The van der Waals surface area contributed by atoms with Gasteiger partial charge in [0.1, 0.15) is 11.2 Å². The molecule has 2 fully saturated rings. The first kappa shape index (κ1) is 29.5. The fraction of sp³-hybridized carbons (Fsp3) is 0.414. The number of carboxylic acids is 2. The number of Topliss-reactive ketones (excluding diaryl/α,β-unsaturated/α-hetero) is 2. The second-order valence-electron chi connectivity index (χ2n) is 9.77. The van der Waals surface area contributed by atoms with E-state index in [1.807, 2.05) is 36.4 Å². The number of ketones is 2. The Hall–Kier alpha value is -3.09. The van der Waals surface area contributed by atoms with E-state index < -0.39 is 29.2 Å². The molecule has 4 atom stereocenters. The lowest BCUT2D eigenvalue weighted by Gasteiger charge is -2.18. The predicted molar refractivity (Wildman–Crippen MR) is 149 cm³/mol. The molecule has 2 aromatic rings. The van der Waals surface area contributed by atoms with Crippen molar-refractivity contribution in [1.82, 2.24) is 0 Å². The van der Waals surface area contributed by atoms with Crippen molar-refractivity contribution in [3.05, 3.63) is 70.8 Å². The Morgan fingerprint density at radius 1 is 0.921 bits per heavy atom.